The Morgan fingerprint density at radius 2 is 2.05 bits per heavy atom. The fourth-order valence-electron chi connectivity index (χ4n) is 3.07. The highest BCUT2D eigenvalue weighted by Gasteiger charge is 2.09. The predicted molar refractivity (Wildman–Crippen MR) is 97.0 cm³/mol. The lowest BCUT2D eigenvalue weighted by molar-refractivity contribution is 0.414. The van der Waals surface area contributed by atoms with E-state index in [1.165, 1.54) is 44.1 Å². The number of hydrogen-bond acceptors (Lipinski definition) is 1. The minimum Gasteiger partial charge on any atom is -0.342 e. The van der Waals surface area contributed by atoms with Gasteiger partial charge in [0.2, 0.25) is 0 Å². The van der Waals surface area contributed by atoms with Crippen LogP contribution in [-0.2, 0) is 6.42 Å². The molecule has 1 atom stereocenters. The van der Waals surface area contributed by atoms with Crippen LogP contribution in [-0.4, -0.2) is 9.97 Å². The minimum atomic E-state index is 0.846. The Hall–Kier alpha value is -1.57. The zero-order chi connectivity index (χ0) is 15.8. The molecule has 120 valence electrons. The molecule has 0 bridgehead atoms. The number of aromatic amines is 1. The van der Waals surface area contributed by atoms with Crippen molar-refractivity contribution in [2.75, 3.05) is 0 Å². The maximum absolute atomic E-state index is 4.74. The van der Waals surface area contributed by atoms with Crippen molar-refractivity contribution in [3.8, 4) is 0 Å². The van der Waals surface area contributed by atoms with E-state index in [-0.39, 0.29) is 0 Å². The van der Waals surface area contributed by atoms with E-state index in [4.69, 9.17) is 4.98 Å². The first kappa shape index (κ1) is 16.8. The molecule has 1 heterocycles. The number of allylic oxidation sites excluding steroid dienone is 1. The van der Waals surface area contributed by atoms with Crippen LogP contribution < -0.4 is 0 Å². The molecular weight excluding hydrogens is 268 g/mol. The number of imidazole rings is 1. The van der Waals surface area contributed by atoms with Gasteiger partial charge in [0, 0.05) is 6.42 Å². The van der Waals surface area contributed by atoms with Crippen LogP contribution in [0.3, 0.4) is 0 Å². The normalized spacial score (nSPS) is 13.2. The second-order valence-corrected chi connectivity index (χ2v) is 6.27. The Morgan fingerprint density at radius 3 is 2.77 bits per heavy atom. The highest BCUT2D eigenvalue weighted by atomic mass is 14.9. The predicted octanol–water partition coefficient (Wildman–Crippen LogP) is 6.14. The molecule has 22 heavy (non-hydrogen) atoms. The van der Waals surface area contributed by atoms with Crippen molar-refractivity contribution in [3.05, 3.63) is 35.7 Å². The molecule has 2 nitrogen and oxygen atoms in total. The van der Waals surface area contributed by atoms with Crippen LogP contribution in [0.2, 0.25) is 0 Å². The number of benzene rings is 1. The summed E-state index contributed by atoms with van der Waals surface area (Å²) in [7, 11) is 0. The molecule has 1 N–H and O–H groups in total. The Bertz CT molecular complexity index is 595. The summed E-state index contributed by atoms with van der Waals surface area (Å²) in [6.45, 7) is 6.64. The molecule has 0 fully saturated rings. The van der Waals surface area contributed by atoms with Gasteiger partial charge < -0.3 is 4.98 Å². The fraction of sp³-hybridized carbons (Fsp3) is 0.550. The first-order valence-corrected chi connectivity index (χ1v) is 8.88. The van der Waals surface area contributed by atoms with Crippen molar-refractivity contribution in [1.82, 2.24) is 9.97 Å². The third-order valence-electron chi connectivity index (χ3n) is 4.50. The molecule has 0 aliphatic carbocycles. The van der Waals surface area contributed by atoms with Gasteiger partial charge >= 0.3 is 0 Å². The number of hydrogen-bond donors (Lipinski definition) is 1. The van der Waals surface area contributed by atoms with Gasteiger partial charge in [0.25, 0.3) is 0 Å². The smallest absolute Gasteiger partial charge is 0.107 e. The summed E-state index contributed by atoms with van der Waals surface area (Å²) in [4.78, 5) is 8.23. The van der Waals surface area contributed by atoms with Gasteiger partial charge in [0.15, 0.2) is 0 Å². The van der Waals surface area contributed by atoms with Gasteiger partial charge in [-0.1, -0.05) is 64.2 Å². The topological polar surface area (TPSA) is 28.7 Å². The van der Waals surface area contributed by atoms with Crippen LogP contribution >= 0.6 is 0 Å². The summed E-state index contributed by atoms with van der Waals surface area (Å²) in [5.41, 5.74) is 3.48. The molecular formula is C20H30N2. The molecule has 2 rings (SSSR count). The molecule has 1 unspecified atom stereocenters. The number of nitrogens with zero attached hydrogens (tertiary/aromatic N) is 1. The molecule has 1 aromatic heterocycles. The highest BCUT2D eigenvalue weighted by molar-refractivity contribution is 5.78. The third kappa shape index (κ3) is 4.72. The Morgan fingerprint density at radius 1 is 1.18 bits per heavy atom. The maximum Gasteiger partial charge on any atom is 0.107 e. The fourth-order valence-corrected chi connectivity index (χ4v) is 3.07. The number of nitrogens with one attached hydrogen (secondary N) is 1. The van der Waals surface area contributed by atoms with Crippen LogP contribution in [0.15, 0.2) is 24.3 Å². The summed E-state index contributed by atoms with van der Waals surface area (Å²) in [5.74, 6) is 1.99. The Kier molecular flexibility index (Phi) is 6.70. The first-order chi connectivity index (χ1) is 10.8. The van der Waals surface area contributed by atoms with Crippen LogP contribution in [0.25, 0.3) is 17.1 Å². The molecule has 0 saturated heterocycles. The molecule has 0 saturated carbocycles. The molecule has 0 aliphatic rings. The quantitative estimate of drug-likeness (QED) is 0.554. The molecule has 2 heteroatoms. The zero-order valence-corrected chi connectivity index (χ0v) is 14.4. The minimum absolute atomic E-state index is 0.846. The third-order valence-corrected chi connectivity index (χ3v) is 4.50. The summed E-state index contributed by atoms with van der Waals surface area (Å²) in [5, 5.41) is 0. The van der Waals surface area contributed by atoms with Gasteiger partial charge in [-0.3, -0.25) is 0 Å². The molecule has 0 spiro atoms. The van der Waals surface area contributed by atoms with Gasteiger partial charge in [-0.25, -0.2) is 4.98 Å². The largest absolute Gasteiger partial charge is 0.342 e. The van der Waals surface area contributed by atoms with E-state index in [0.29, 0.717) is 0 Å². The molecule has 0 aliphatic heterocycles. The standard InChI is InChI=1S/C20H30N2/c1-4-7-8-10-16(6-3)12-14-20-21-18-13-11-17(9-5-2)15-19(18)22-20/h5,9,11,13,15-16H,4,6-8,10,12,14H2,1-3H3,(H,21,22)/b9-5+. The monoisotopic (exact) mass is 298 g/mol. The van der Waals surface area contributed by atoms with Crippen molar-refractivity contribution in [2.24, 2.45) is 5.92 Å². The average Bonchev–Trinajstić information content (AvgIpc) is 2.93. The number of H-pyrrole nitrogens is 1. The Balaban J connectivity index is 1.96. The van der Waals surface area contributed by atoms with E-state index in [1.54, 1.807) is 0 Å². The van der Waals surface area contributed by atoms with E-state index in [0.717, 1.165) is 29.2 Å². The van der Waals surface area contributed by atoms with E-state index < -0.39 is 0 Å². The van der Waals surface area contributed by atoms with Crippen molar-refractivity contribution in [1.29, 1.82) is 0 Å². The second-order valence-electron chi connectivity index (χ2n) is 6.27. The second kappa shape index (κ2) is 8.77. The first-order valence-electron chi connectivity index (χ1n) is 8.88. The van der Waals surface area contributed by atoms with E-state index in [2.05, 4.69) is 49.2 Å². The van der Waals surface area contributed by atoms with Crippen LogP contribution in [0, 0.1) is 5.92 Å². The summed E-state index contributed by atoms with van der Waals surface area (Å²) in [6.07, 6.45) is 13.2. The summed E-state index contributed by atoms with van der Waals surface area (Å²) >= 11 is 0. The zero-order valence-electron chi connectivity index (χ0n) is 14.4. The molecule has 0 amide bonds. The summed E-state index contributed by atoms with van der Waals surface area (Å²) < 4.78 is 0. The van der Waals surface area contributed by atoms with Crippen LogP contribution in [0.5, 0.6) is 0 Å². The highest BCUT2D eigenvalue weighted by Crippen LogP contribution is 2.21. The van der Waals surface area contributed by atoms with Gasteiger partial charge in [-0.05, 0) is 37.0 Å². The van der Waals surface area contributed by atoms with Crippen molar-refractivity contribution in [2.45, 2.75) is 65.7 Å². The lowest BCUT2D eigenvalue weighted by Crippen LogP contribution is -2.02. The van der Waals surface area contributed by atoms with Gasteiger partial charge in [-0.15, -0.1) is 0 Å². The van der Waals surface area contributed by atoms with Crippen molar-refractivity contribution < 1.29 is 0 Å². The van der Waals surface area contributed by atoms with Crippen LogP contribution in [0.1, 0.15) is 70.7 Å². The maximum atomic E-state index is 4.74. The van der Waals surface area contributed by atoms with Gasteiger partial charge in [-0.2, -0.15) is 0 Å². The van der Waals surface area contributed by atoms with Crippen molar-refractivity contribution >= 4 is 17.1 Å². The lowest BCUT2D eigenvalue weighted by atomic mass is 9.94. The number of aryl methyl sites for hydroxylation is 1. The number of unbranched alkanes of at least 4 members (excludes halogenated alkanes) is 2. The van der Waals surface area contributed by atoms with E-state index in [9.17, 15) is 0 Å². The van der Waals surface area contributed by atoms with Gasteiger partial charge in [0.05, 0.1) is 11.0 Å². The average molecular weight is 298 g/mol. The van der Waals surface area contributed by atoms with Gasteiger partial charge in [0.1, 0.15) is 5.82 Å². The number of rotatable bonds is 9. The number of aromatic nitrogens is 2. The molecule has 2 aromatic rings. The lowest BCUT2D eigenvalue weighted by Gasteiger charge is -2.13. The molecule has 0 radical (unpaired) electrons. The summed E-state index contributed by atoms with van der Waals surface area (Å²) in [6, 6.07) is 6.43. The Labute approximate surface area is 135 Å². The SMILES string of the molecule is C/C=C/c1ccc2nc(CCC(CC)CCCCC)[nH]c2c1. The van der Waals surface area contributed by atoms with E-state index >= 15 is 0 Å². The van der Waals surface area contributed by atoms with Crippen LogP contribution in [0.4, 0.5) is 0 Å². The van der Waals surface area contributed by atoms with Crippen molar-refractivity contribution in [3.63, 3.8) is 0 Å². The van der Waals surface area contributed by atoms with E-state index in [1.807, 2.05) is 6.92 Å². The number of fused-ring (bicyclic) bond motifs is 1. The molecule has 1 aromatic carbocycles.